The van der Waals surface area contributed by atoms with Gasteiger partial charge in [-0.25, -0.2) is 0 Å². The summed E-state index contributed by atoms with van der Waals surface area (Å²) < 4.78 is 2.56. The topological polar surface area (TPSA) is 20.2 Å². The van der Waals surface area contributed by atoms with Gasteiger partial charge in [0.1, 0.15) is 0 Å². The molecule has 0 unspecified atom stereocenters. The first kappa shape index (κ1) is 22.0. The summed E-state index contributed by atoms with van der Waals surface area (Å²) in [5, 5.41) is 10.3. The molecule has 0 aromatic carbocycles. The van der Waals surface area contributed by atoms with Crippen LogP contribution in [0.2, 0.25) is 8.43 Å². The predicted molar refractivity (Wildman–Crippen MR) is 121 cm³/mol. The van der Waals surface area contributed by atoms with Crippen molar-refractivity contribution in [2.75, 3.05) is 0 Å². The molecule has 0 aliphatic heterocycles. The molecule has 1 N–H and O–H groups in total. The average Bonchev–Trinajstić information content (AvgIpc) is 2.99. The van der Waals surface area contributed by atoms with Crippen LogP contribution in [0.25, 0.3) is 0 Å². The first-order chi connectivity index (χ1) is 13.3. The molecule has 0 saturated heterocycles. The van der Waals surface area contributed by atoms with E-state index in [0.29, 0.717) is 10.8 Å². The molecule has 0 aromatic rings. The van der Waals surface area contributed by atoms with Crippen molar-refractivity contribution in [2.24, 2.45) is 46.3 Å². The monoisotopic (exact) mass is 504 g/mol. The van der Waals surface area contributed by atoms with Gasteiger partial charge in [0.05, 0.1) is 0 Å². The second-order valence-electron chi connectivity index (χ2n) is 12.0. The summed E-state index contributed by atoms with van der Waals surface area (Å²) in [7, 11) is 0. The maximum absolute atomic E-state index is 10.3. The van der Waals surface area contributed by atoms with E-state index in [1.165, 1.54) is 51.4 Å². The minimum absolute atomic E-state index is 0.00523. The predicted octanol–water partition coefficient (Wildman–Crippen LogP) is 6.98. The van der Waals surface area contributed by atoms with Gasteiger partial charge in [0, 0.05) is 0 Å². The summed E-state index contributed by atoms with van der Waals surface area (Å²) in [4.78, 5) is 0. The van der Waals surface area contributed by atoms with Crippen LogP contribution in [0, 0.1) is 46.3 Å². The molecular weight excluding hydrogens is 456 g/mol. The van der Waals surface area contributed by atoms with Gasteiger partial charge >= 0.3 is 181 Å². The fourth-order valence-corrected chi connectivity index (χ4v) is 11.7. The summed E-state index contributed by atoms with van der Waals surface area (Å²) >= 11 is 0.246. The van der Waals surface area contributed by atoms with Gasteiger partial charge in [0.25, 0.3) is 0 Å². The van der Waals surface area contributed by atoms with E-state index in [9.17, 15) is 5.11 Å². The molecule has 4 aliphatic rings. The van der Waals surface area contributed by atoms with Crippen molar-refractivity contribution >= 4 is 20.9 Å². The Morgan fingerprint density at radius 3 is 2.36 bits per heavy atom. The molecule has 4 fully saturated rings. The molecule has 162 valence electrons. The summed E-state index contributed by atoms with van der Waals surface area (Å²) in [5.41, 5.74) is 1.17. The summed E-state index contributed by atoms with van der Waals surface area (Å²) in [6, 6.07) is 0. The summed E-state index contributed by atoms with van der Waals surface area (Å²) in [6.45, 7) is 12.8. The Labute approximate surface area is 185 Å². The number of aliphatic hydroxyl groups is 1. The first-order valence-electron chi connectivity index (χ1n) is 12.6. The van der Waals surface area contributed by atoms with Crippen LogP contribution < -0.4 is 0 Å². The van der Waals surface area contributed by atoms with Crippen molar-refractivity contribution in [3.05, 3.63) is 0 Å². The third kappa shape index (κ3) is 3.75. The van der Waals surface area contributed by atoms with Gasteiger partial charge in [-0.15, -0.1) is 0 Å². The minimum atomic E-state index is -0.00523. The van der Waals surface area contributed by atoms with Gasteiger partial charge in [-0.05, 0) is 0 Å². The van der Waals surface area contributed by atoms with Crippen LogP contribution in [-0.2, 0) is 0 Å². The van der Waals surface area contributed by atoms with Crippen molar-refractivity contribution < 1.29 is 5.11 Å². The Hall–Kier alpha value is 0.750. The molecule has 4 rings (SSSR count). The van der Waals surface area contributed by atoms with Crippen molar-refractivity contribution in [3.8, 4) is 0 Å². The SMILES string of the molecule is CC(C)[Te]CC[C@@H](C)[C@H]1CC[C@H]2[C@@H]3CC[C@@H]4C[C@H](O)CC[C@]4(C)[C@H]3CC[C@]12C. The fraction of sp³-hybridized carbons (Fsp3) is 1.00. The van der Waals surface area contributed by atoms with Crippen molar-refractivity contribution in [3.63, 3.8) is 0 Å². The molecule has 0 aromatic heterocycles. The Balaban J connectivity index is 1.46. The summed E-state index contributed by atoms with van der Waals surface area (Å²) in [6.07, 6.45) is 13.9. The number of hydrogen-bond donors (Lipinski definition) is 1. The number of hydrogen-bond acceptors (Lipinski definition) is 1. The van der Waals surface area contributed by atoms with Crippen molar-refractivity contribution in [2.45, 2.75) is 113 Å². The van der Waals surface area contributed by atoms with E-state index in [-0.39, 0.29) is 27.0 Å². The zero-order valence-electron chi connectivity index (χ0n) is 19.3. The quantitative estimate of drug-likeness (QED) is 0.402. The molecule has 28 heavy (non-hydrogen) atoms. The van der Waals surface area contributed by atoms with Crippen molar-refractivity contribution in [1.82, 2.24) is 0 Å². The zero-order valence-corrected chi connectivity index (χ0v) is 21.6. The van der Waals surface area contributed by atoms with Crippen LogP contribution in [0.4, 0.5) is 0 Å². The molecule has 0 radical (unpaired) electrons. The van der Waals surface area contributed by atoms with E-state index in [1.54, 1.807) is 4.47 Å². The van der Waals surface area contributed by atoms with Gasteiger partial charge in [0.2, 0.25) is 0 Å². The van der Waals surface area contributed by atoms with E-state index in [4.69, 9.17) is 0 Å². The van der Waals surface area contributed by atoms with Crippen LogP contribution in [0.15, 0.2) is 0 Å². The third-order valence-corrected chi connectivity index (χ3v) is 13.7. The zero-order chi connectivity index (χ0) is 20.1. The Kier molecular flexibility index (Phi) is 6.55. The van der Waals surface area contributed by atoms with E-state index in [0.717, 1.165) is 52.3 Å². The molecule has 2 heteroatoms. The number of rotatable bonds is 5. The normalized spacial score (nSPS) is 49.4. The molecule has 4 aliphatic carbocycles. The molecular formula is C26H46OTe. The molecule has 9 atom stereocenters. The molecule has 4 saturated carbocycles. The van der Waals surface area contributed by atoms with Gasteiger partial charge in [-0.3, -0.25) is 0 Å². The Morgan fingerprint density at radius 2 is 1.61 bits per heavy atom. The van der Waals surface area contributed by atoms with E-state index in [2.05, 4.69) is 34.6 Å². The van der Waals surface area contributed by atoms with Gasteiger partial charge in [-0.1, -0.05) is 0 Å². The van der Waals surface area contributed by atoms with Crippen LogP contribution in [0.1, 0.15) is 98.8 Å². The molecule has 0 bridgehead atoms. The standard InChI is InChI=1S/C26H46OTe/c1-17(2)28-15-12-18(3)22-8-9-23-21-7-6-19-16-20(27)10-13-25(19,4)24(21)11-14-26(22,23)5/h17-24,27H,6-16H2,1-5H3/t18-,19-,20-,21+,22-,23+,24+,25+,26-/m1/s1. The molecule has 1 nitrogen and oxygen atoms in total. The first-order valence-corrected chi connectivity index (χ1v) is 15.5. The molecule has 0 spiro atoms. The molecule has 0 amide bonds. The van der Waals surface area contributed by atoms with Crippen molar-refractivity contribution in [1.29, 1.82) is 0 Å². The van der Waals surface area contributed by atoms with Crippen LogP contribution in [0.5, 0.6) is 0 Å². The van der Waals surface area contributed by atoms with Crippen LogP contribution in [-0.4, -0.2) is 32.1 Å². The van der Waals surface area contributed by atoms with Gasteiger partial charge < -0.3 is 5.11 Å². The molecule has 0 heterocycles. The summed E-state index contributed by atoms with van der Waals surface area (Å²) in [5.74, 6) is 5.71. The third-order valence-electron chi connectivity index (χ3n) is 10.4. The average molecular weight is 502 g/mol. The fourth-order valence-electron chi connectivity index (χ4n) is 8.90. The Bertz CT molecular complexity index is 547. The maximum atomic E-state index is 10.3. The van der Waals surface area contributed by atoms with Gasteiger partial charge in [0.15, 0.2) is 0 Å². The van der Waals surface area contributed by atoms with Crippen LogP contribution in [0.3, 0.4) is 0 Å². The van der Waals surface area contributed by atoms with Crippen LogP contribution >= 0.6 is 0 Å². The second-order valence-corrected chi connectivity index (χ2v) is 16.8. The number of aliphatic hydroxyl groups excluding tert-OH is 1. The number of fused-ring (bicyclic) bond motifs is 5. The van der Waals surface area contributed by atoms with E-state index in [1.807, 2.05) is 0 Å². The Morgan fingerprint density at radius 1 is 0.893 bits per heavy atom. The second kappa shape index (κ2) is 8.36. The van der Waals surface area contributed by atoms with E-state index < -0.39 is 0 Å². The van der Waals surface area contributed by atoms with E-state index >= 15 is 0 Å². The van der Waals surface area contributed by atoms with Gasteiger partial charge in [-0.2, -0.15) is 0 Å².